The summed E-state index contributed by atoms with van der Waals surface area (Å²) in [4.78, 5) is 24.0. The summed E-state index contributed by atoms with van der Waals surface area (Å²) in [6.45, 7) is 7.80. The summed E-state index contributed by atoms with van der Waals surface area (Å²) in [5.74, 6) is -0.409. The van der Waals surface area contributed by atoms with E-state index in [1.807, 2.05) is 50.2 Å². The fourth-order valence-corrected chi connectivity index (χ4v) is 2.44. The Morgan fingerprint density at radius 1 is 0.920 bits per heavy atom. The molecule has 1 amide bonds. The molecular formula is C21H25NO3. The van der Waals surface area contributed by atoms with Crippen LogP contribution in [0.5, 0.6) is 0 Å². The number of carbonyl (C=O) groups excluding carboxylic acids is 2. The van der Waals surface area contributed by atoms with Crippen LogP contribution in [0, 0.1) is 6.92 Å². The van der Waals surface area contributed by atoms with Crippen LogP contribution in [-0.4, -0.2) is 18.5 Å². The average Bonchev–Trinajstić information content (AvgIpc) is 2.60. The summed E-state index contributed by atoms with van der Waals surface area (Å²) < 4.78 is 5.10. The lowest BCUT2D eigenvalue weighted by atomic mass is 10.0. The molecule has 0 radical (unpaired) electrons. The average molecular weight is 339 g/mol. The first-order valence-electron chi connectivity index (χ1n) is 8.50. The van der Waals surface area contributed by atoms with E-state index in [2.05, 4.69) is 19.2 Å². The number of carbonyl (C=O) groups is 2. The number of hydrogen-bond acceptors (Lipinski definition) is 3. The molecule has 0 aliphatic rings. The first-order valence-corrected chi connectivity index (χ1v) is 8.50. The predicted molar refractivity (Wildman–Crippen MR) is 98.6 cm³/mol. The number of aryl methyl sites for hydroxylation is 1. The molecule has 4 heteroatoms. The molecule has 0 aromatic heterocycles. The Morgan fingerprint density at radius 3 is 2.04 bits per heavy atom. The van der Waals surface area contributed by atoms with Gasteiger partial charge in [-0.25, -0.2) is 4.79 Å². The van der Waals surface area contributed by atoms with Gasteiger partial charge in [-0.05, 0) is 43.0 Å². The second-order valence-corrected chi connectivity index (χ2v) is 6.55. The molecule has 0 heterocycles. The SMILES string of the molecule is Cc1ccc([C@@H](C)NC(=O)COC(=O)c2ccc(C(C)C)cc2)cc1. The highest BCUT2D eigenvalue weighted by molar-refractivity contribution is 5.91. The number of rotatable bonds is 6. The first-order chi connectivity index (χ1) is 11.9. The van der Waals surface area contributed by atoms with E-state index < -0.39 is 5.97 Å². The van der Waals surface area contributed by atoms with Crippen molar-refractivity contribution >= 4 is 11.9 Å². The van der Waals surface area contributed by atoms with Crippen molar-refractivity contribution in [1.82, 2.24) is 5.32 Å². The maximum atomic E-state index is 12.0. The molecule has 1 N–H and O–H groups in total. The van der Waals surface area contributed by atoms with Crippen LogP contribution in [0.3, 0.4) is 0 Å². The van der Waals surface area contributed by atoms with E-state index in [1.54, 1.807) is 12.1 Å². The van der Waals surface area contributed by atoms with E-state index >= 15 is 0 Å². The number of amides is 1. The molecule has 0 aliphatic carbocycles. The quantitative estimate of drug-likeness (QED) is 0.804. The Labute approximate surface area is 149 Å². The van der Waals surface area contributed by atoms with Crippen molar-refractivity contribution < 1.29 is 14.3 Å². The van der Waals surface area contributed by atoms with E-state index in [0.717, 1.165) is 11.1 Å². The standard InChI is InChI=1S/C21H25NO3/c1-14(2)17-9-11-19(12-10-17)21(24)25-13-20(23)22-16(4)18-7-5-15(3)6-8-18/h5-12,14,16H,13H2,1-4H3,(H,22,23)/t16-/m1/s1. The van der Waals surface area contributed by atoms with Gasteiger partial charge in [0.15, 0.2) is 6.61 Å². The van der Waals surface area contributed by atoms with Crippen LogP contribution in [0.2, 0.25) is 0 Å². The maximum absolute atomic E-state index is 12.0. The monoisotopic (exact) mass is 339 g/mol. The number of esters is 1. The van der Waals surface area contributed by atoms with Gasteiger partial charge >= 0.3 is 5.97 Å². The highest BCUT2D eigenvalue weighted by Gasteiger charge is 2.13. The van der Waals surface area contributed by atoms with Crippen LogP contribution in [0.4, 0.5) is 0 Å². The minimum atomic E-state index is -0.492. The smallest absolute Gasteiger partial charge is 0.338 e. The molecule has 0 fully saturated rings. The van der Waals surface area contributed by atoms with E-state index in [1.165, 1.54) is 5.56 Å². The molecule has 0 unspecified atom stereocenters. The van der Waals surface area contributed by atoms with Gasteiger partial charge in [-0.15, -0.1) is 0 Å². The summed E-state index contributed by atoms with van der Waals surface area (Å²) in [6.07, 6.45) is 0. The lowest BCUT2D eigenvalue weighted by Gasteiger charge is -2.14. The van der Waals surface area contributed by atoms with Crippen molar-refractivity contribution in [3.8, 4) is 0 Å². The molecule has 25 heavy (non-hydrogen) atoms. The number of hydrogen-bond donors (Lipinski definition) is 1. The maximum Gasteiger partial charge on any atom is 0.338 e. The van der Waals surface area contributed by atoms with Crippen LogP contribution in [0.15, 0.2) is 48.5 Å². The normalized spacial score (nSPS) is 11.9. The number of benzene rings is 2. The van der Waals surface area contributed by atoms with Crippen LogP contribution in [-0.2, 0) is 9.53 Å². The third-order valence-electron chi connectivity index (χ3n) is 4.10. The zero-order chi connectivity index (χ0) is 18.4. The van der Waals surface area contributed by atoms with Gasteiger partial charge in [0.2, 0.25) is 0 Å². The van der Waals surface area contributed by atoms with Gasteiger partial charge in [-0.3, -0.25) is 4.79 Å². The third kappa shape index (κ3) is 5.45. The largest absolute Gasteiger partial charge is 0.452 e. The highest BCUT2D eigenvalue weighted by atomic mass is 16.5. The van der Waals surface area contributed by atoms with Crippen LogP contribution >= 0.6 is 0 Å². The molecule has 2 rings (SSSR count). The number of ether oxygens (including phenoxy) is 1. The Hall–Kier alpha value is -2.62. The Bertz CT molecular complexity index is 718. The molecule has 4 nitrogen and oxygen atoms in total. The second kappa shape index (κ2) is 8.47. The second-order valence-electron chi connectivity index (χ2n) is 6.55. The lowest BCUT2D eigenvalue weighted by molar-refractivity contribution is -0.124. The molecule has 0 saturated carbocycles. The van der Waals surface area contributed by atoms with Gasteiger partial charge in [0.25, 0.3) is 5.91 Å². The molecule has 1 atom stereocenters. The molecule has 0 aliphatic heterocycles. The van der Waals surface area contributed by atoms with Crippen LogP contribution < -0.4 is 5.32 Å². The molecule has 0 spiro atoms. The van der Waals surface area contributed by atoms with Crippen LogP contribution in [0.1, 0.15) is 59.8 Å². The Morgan fingerprint density at radius 2 is 1.48 bits per heavy atom. The number of nitrogens with one attached hydrogen (secondary N) is 1. The van der Waals surface area contributed by atoms with Crippen molar-refractivity contribution in [3.63, 3.8) is 0 Å². The Balaban J connectivity index is 1.84. The molecule has 2 aromatic carbocycles. The van der Waals surface area contributed by atoms with Crippen molar-refractivity contribution in [3.05, 3.63) is 70.8 Å². The molecule has 132 valence electrons. The summed E-state index contributed by atoms with van der Waals surface area (Å²) in [7, 11) is 0. The van der Waals surface area contributed by atoms with E-state index in [9.17, 15) is 9.59 Å². The van der Waals surface area contributed by atoms with Crippen molar-refractivity contribution in [2.75, 3.05) is 6.61 Å². The van der Waals surface area contributed by atoms with E-state index in [-0.39, 0.29) is 18.6 Å². The zero-order valence-corrected chi connectivity index (χ0v) is 15.2. The van der Waals surface area contributed by atoms with Gasteiger partial charge in [0, 0.05) is 0 Å². The summed E-state index contributed by atoms with van der Waals surface area (Å²) in [6, 6.07) is 15.1. The van der Waals surface area contributed by atoms with E-state index in [0.29, 0.717) is 11.5 Å². The molecular weight excluding hydrogens is 314 g/mol. The van der Waals surface area contributed by atoms with Gasteiger partial charge in [-0.1, -0.05) is 55.8 Å². The van der Waals surface area contributed by atoms with Crippen molar-refractivity contribution in [2.45, 2.75) is 39.7 Å². The molecule has 0 bridgehead atoms. The fraction of sp³-hybridized carbons (Fsp3) is 0.333. The third-order valence-corrected chi connectivity index (χ3v) is 4.10. The minimum absolute atomic E-state index is 0.142. The fourth-order valence-electron chi connectivity index (χ4n) is 2.44. The van der Waals surface area contributed by atoms with Gasteiger partial charge in [0.05, 0.1) is 11.6 Å². The zero-order valence-electron chi connectivity index (χ0n) is 15.2. The predicted octanol–water partition coefficient (Wildman–Crippen LogP) is 4.15. The van der Waals surface area contributed by atoms with E-state index in [4.69, 9.17) is 4.74 Å². The first kappa shape index (κ1) is 18.7. The summed E-state index contributed by atoms with van der Waals surface area (Å²) >= 11 is 0. The minimum Gasteiger partial charge on any atom is -0.452 e. The lowest BCUT2D eigenvalue weighted by Crippen LogP contribution is -2.31. The highest BCUT2D eigenvalue weighted by Crippen LogP contribution is 2.15. The topological polar surface area (TPSA) is 55.4 Å². The summed E-state index contributed by atoms with van der Waals surface area (Å²) in [5.41, 5.74) is 3.78. The molecule has 0 saturated heterocycles. The van der Waals surface area contributed by atoms with Crippen molar-refractivity contribution in [1.29, 1.82) is 0 Å². The van der Waals surface area contributed by atoms with Gasteiger partial charge in [0.1, 0.15) is 0 Å². The van der Waals surface area contributed by atoms with Crippen LogP contribution in [0.25, 0.3) is 0 Å². The Kier molecular flexibility index (Phi) is 6.34. The summed E-state index contributed by atoms with van der Waals surface area (Å²) in [5, 5.41) is 2.83. The van der Waals surface area contributed by atoms with Gasteiger partial charge < -0.3 is 10.1 Å². The molecule has 2 aromatic rings. The van der Waals surface area contributed by atoms with Gasteiger partial charge in [-0.2, -0.15) is 0 Å². The van der Waals surface area contributed by atoms with Crippen molar-refractivity contribution in [2.24, 2.45) is 0 Å².